The van der Waals surface area contributed by atoms with Gasteiger partial charge in [-0.3, -0.25) is 0 Å². The van der Waals surface area contributed by atoms with Crippen LogP contribution in [0.2, 0.25) is 0 Å². The van der Waals surface area contributed by atoms with E-state index in [4.69, 9.17) is 4.74 Å². The highest BCUT2D eigenvalue weighted by Gasteiger charge is 2.39. The standard InChI is InChI=1S/C21H30N2O5/c1-21(2,3)28-20(27)23-11-16(12-23)14-6-8-22(9-7-14)17-4-5-18(19(25)26)15(10-17)13-24/h4-5,10,14,16,24H,6-9,11-13H2,1-3H3,(H,25,26). The van der Waals surface area contributed by atoms with E-state index in [1.54, 1.807) is 17.0 Å². The lowest BCUT2D eigenvalue weighted by molar-refractivity contribution is -0.0131. The van der Waals surface area contributed by atoms with Crippen LogP contribution < -0.4 is 4.90 Å². The van der Waals surface area contributed by atoms with E-state index >= 15 is 0 Å². The number of hydrogen-bond donors (Lipinski definition) is 2. The van der Waals surface area contributed by atoms with Crippen molar-refractivity contribution in [3.63, 3.8) is 0 Å². The van der Waals surface area contributed by atoms with Gasteiger partial charge in [-0.2, -0.15) is 0 Å². The summed E-state index contributed by atoms with van der Waals surface area (Å²) in [6.45, 7) is 8.67. The van der Waals surface area contributed by atoms with Crippen LogP contribution in [0.1, 0.15) is 49.5 Å². The van der Waals surface area contributed by atoms with E-state index in [1.807, 2.05) is 26.8 Å². The highest BCUT2D eigenvalue weighted by molar-refractivity contribution is 5.90. The van der Waals surface area contributed by atoms with Gasteiger partial charge in [0.2, 0.25) is 0 Å². The van der Waals surface area contributed by atoms with Gasteiger partial charge in [-0.25, -0.2) is 9.59 Å². The number of amides is 1. The number of benzene rings is 1. The fourth-order valence-electron chi connectivity index (χ4n) is 4.03. The molecule has 0 aliphatic carbocycles. The second kappa shape index (κ2) is 7.99. The molecule has 0 bridgehead atoms. The minimum atomic E-state index is -1.02. The van der Waals surface area contributed by atoms with Gasteiger partial charge in [0.05, 0.1) is 12.2 Å². The van der Waals surface area contributed by atoms with Gasteiger partial charge in [0.1, 0.15) is 5.60 Å². The number of carbonyl (C=O) groups excluding carboxylic acids is 1. The van der Waals surface area contributed by atoms with Crippen molar-refractivity contribution in [2.45, 2.75) is 45.8 Å². The molecule has 1 aromatic carbocycles. The summed E-state index contributed by atoms with van der Waals surface area (Å²) < 4.78 is 5.42. The third kappa shape index (κ3) is 4.58. The van der Waals surface area contributed by atoms with Crippen molar-refractivity contribution >= 4 is 17.7 Å². The lowest BCUT2D eigenvalue weighted by Gasteiger charge is -2.46. The van der Waals surface area contributed by atoms with Crippen LogP contribution in [-0.4, -0.2) is 59.0 Å². The summed E-state index contributed by atoms with van der Waals surface area (Å²) in [6, 6.07) is 5.16. The van der Waals surface area contributed by atoms with Crippen molar-refractivity contribution in [1.82, 2.24) is 4.90 Å². The number of carboxylic acids is 1. The number of piperidine rings is 1. The van der Waals surface area contributed by atoms with E-state index in [0.717, 1.165) is 44.7 Å². The van der Waals surface area contributed by atoms with Gasteiger partial charge in [-0.1, -0.05) is 0 Å². The van der Waals surface area contributed by atoms with Crippen LogP contribution in [-0.2, 0) is 11.3 Å². The molecule has 0 atom stereocenters. The molecule has 28 heavy (non-hydrogen) atoms. The Morgan fingerprint density at radius 3 is 2.32 bits per heavy atom. The zero-order valence-corrected chi connectivity index (χ0v) is 16.9. The molecule has 1 amide bonds. The second-order valence-corrected chi connectivity index (χ2v) is 8.77. The lowest BCUT2D eigenvalue weighted by atomic mass is 9.79. The number of aliphatic hydroxyl groups is 1. The molecule has 2 heterocycles. The number of rotatable bonds is 4. The van der Waals surface area contributed by atoms with E-state index in [-0.39, 0.29) is 18.3 Å². The van der Waals surface area contributed by atoms with Crippen molar-refractivity contribution in [1.29, 1.82) is 0 Å². The predicted molar refractivity (Wildman–Crippen MR) is 106 cm³/mol. The first-order valence-electron chi connectivity index (χ1n) is 9.88. The molecule has 7 heteroatoms. The number of hydrogen-bond acceptors (Lipinski definition) is 5. The predicted octanol–water partition coefficient (Wildman–Crippen LogP) is 2.96. The molecule has 2 aliphatic rings. The maximum absolute atomic E-state index is 12.1. The molecule has 0 radical (unpaired) electrons. The number of aromatic carboxylic acids is 1. The highest BCUT2D eigenvalue weighted by atomic mass is 16.6. The molecule has 0 saturated carbocycles. The Labute approximate surface area is 165 Å². The van der Waals surface area contributed by atoms with Crippen molar-refractivity contribution in [2.75, 3.05) is 31.1 Å². The number of carbonyl (C=O) groups is 2. The van der Waals surface area contributed by atoms with E-state index < -0.39 is 11.6 Å². The zero-order valence-electron chi connectivity index (χ0n) is 16.9. The van der Waals surface area contributed by atoms with Crippen molar-refractivity contribution in [3.05, 3.63) is 29.3 Å². The molecule has 2 N–H and O–H groups in total. The molecule has 2 aliphatic heterocycles. The Bertz CT molecular complexity index is 729. The van der Waals surface area contributed by atoms with Gasteiger partial charge >= 0.3 is 12.1 Å². The third-order valence-electron chi connectivity index (χ3n) is 5.62. The molecular formula is C21H30N2O5. The van der Waals surface area contributed by atoms with Crippen LogP contribution in [0.3, 0.4) is 0 Å². The number of likely N-dealkylation sites (tertiary alicyclic amines) is 1. The Kier molecular flexibility index (Phi) is 5.84. The van der Waals surface area contributed by atoms with Crippen LogP contribution in [0.15, 0.2) is 18.2 Å². The average molecular weight is 390 g/mol. The highest BCUT2D eigenvalue weighted by Crippen LogP contribution is 2.34. The SMILES string of the molecule is CC(C)(C)OC(=O)N1CC(C2CCN(c3ccc(C(=O)O)c(CO)c3)CC2)C1. The van der Waals surface area contributed by atoms with Crippen LogP contribution in [0.25, 0.3) is 0 Å². The van der Waals surface area contributed by atoms with Crippen molar-refractivity contribution in [2.24, 2.45) is 11.8 Å². The third-order valence-corrected chi connectivity index (χ3v) is 5.62. The summed E-state index contributed by atoms with van der Waals surface area (Å²) in [4.78, 5) is 27.3. The number of aliphatic hydroxyl groups excluding tert-OH is 1. The maximum atomic E-state index is 12.1. The minimum Gasteiger partial charge on any atom is -0.478 e. The summed E-state index contributed by atoms with van der Waals surface area (Å²) in [5.41, 5.74) is 1.09. The molecule has 1 aromatic rings. The molecule has 7 nitrogen and oxygen atoms in total. The second-order valence-electron chi connectivity index (χ2n) is 8.77. The molecule has 2 saturated heterocycles. The number of carboxylic acid groups (broad SMARTS) is 1. The molecule has 2 fully saturated rings. The maximum Gasteiger partial charge on any atom is 0.410 e. The molecule has 0 spiro atoms. The fraction of sp³-hybridized carbons (Fsp3) is 0.619. The van der Waals surface area contributed by atoms with Gasteiger partial charge < -0.3 is 24.7 Å². The van der Waals surface area contributed by atoms with E-state index in [1.165, 1.54) is 0 Å². The molecule has 0 unspecified atom stereocenters. The summed E-state index contributed by atoms with van der Waals surface area (Å²) >= 11 is 0. The molecule has 3 rings (SSSR count). The van der Waals surface area contributed by atoms with Gasteiger partial charge in [0.15, 0.2) is 0 Å². The Balaban J connectivity index is 1.51. The van der Waals surface area contributed by atoms with Crippen LogP contribution in [0, 0.1) is 11.8 Å². The summed E-state index contributed by atoms with van der Waals surface area (Å²) in [6.07, 6.45) is 1.86. The van der Waals surface area contributed by atoms with E-state index in [9.17, 15) is 19.8 Å². The Hall–Kier alpha value is -2.28. The van der Waals surface area contributed by atoms with E-state index in [0.29, 0.717) is 17.4 Å². The summed E-state index contributed by atoms with van der Waals surface area (Å²) in [5.74, 6) is 0.0939. The largest absolute Gasteiger partial charge is 0.478 e. The van der Waals surface area contributed by atoms with Crippen molar-refractivity contribution in [3.8, 4) is 0 Å². The first kappa shape index (κ1) is 20.5. The van der Waals surface area contributed by atoms with Gasteiger partial charge in [-0.15, -0.1) is 0 Å². The smallest absolute Gasteiger partial charge is 0.410 e. The fourth-order valence-corrected chi connectivity index (χ4v) is 4.03. The van der Waals surface area contributed by atoms with Gasteiger partial charge in [0, 0.05) is 31.9 Å². The Morgan fingerprint density at radius 1 is 1.14 bits per heavy atom. The van der Waals surface area contributed by atoms with Gasteiger partial charge in [0.25, 0.3) is 0 Å². The number of nitrogens with zero attached hydrogens (tertiary/aromatic N) is 2. The molecular weight excluding hydrogens is 360 g/mol. The van der Waals surface area contributed by atoms with Crippen LogP contribution in [0.5, 0.6) is 0 Å². The number of anilines is 1. The van der Waals surface area contributed by atoms with E-state index in [2.05, 4.69) is 4.90 Å². The quantitative estimate of drug-likeness (QED) is 0.821. The van der Waals surface area contributed by atoms with Crippen LogP contribution >= 0.6 is 0 Å². The molecule has 154 valence electrons. The summed E-state index contributed by atoms with van der Waals surface area (Å²) in [5, 5.41) is 18.6. The summed E-state index contributed by atoms with van der Waals surface area (Å²) in [7, 11) is 0. The Morgan fingerprint density at radius 2 is 1.79 bits per heavy atom. The first-order valence-corrected chi connectivity index (χ1v) is 9.88. The topological polar surface area (TPSA) is 90.3 Å². The van der Waals surface area contributed by atoms with Gasteiger partial charge in [-0.05, 0) is 69.2 Å². The minimum absolute atomic E-state index is 0.151. The monoisotopic (exact) mass is 390 g/mol. The lowest BCUT2D eigenvalue weighted by Crippen LogP contribution is -2.55. The molecule has 0 aromatic heterocycles. The number of ether oxygens (including phenoxy) is 1. The zero-order chi connectivity index (χ0) is 20.5. The van der Waals surface area contributed by atoms with Crippen molar-refractivity contribution < 1.29 is 24.5 Å². The van der Waals surface area contributed by atoms with Crippen LogP contribution in [0.4, 0.5) is 10.5 Å². The first-order chi connectivity index (χ1) is 13.2. The average Bonchev–Trinajstić information content (AvgIpc) is 2.58. The normalized spacial score (nSPS) is 18.7.